The van der Waals surface area contributed by atoms with Gasteiger partial charge in [0.15, 0.2) is 0 Å². The quantitative estimate of drug-likeness (QED) is 0.717. The van der Waals surface area contributed by atoms with Crippen molar-refractivity contribution < 1.29 is 14.2 Å². The highest BCUT2D eigenvalue weighted by molar-refractivity contribution is 5.12. The summed E-state index contributed by atoms with van der Waals surface area (Å²) in [4.78, 5) is 0. The fraction of sp³-hybridized carbons (Fsp3) is 1.00. The maximum absolute atomic E-state index is 5.85. The minimum atomic E-state index is 0.151. The van der Waals surface area contributed by atoms with Crippen molar-refractivity contribution in [2.75, 3.05) is 34.0 Å². The van der Waals surface area contributed by atoms with Crippen LogP contribution in [-0.4, -0.2) is 52.2 Å². The Morgan fingerprint density at radius 2 is 2.11 bits per heavy atom. The van der Waals surface area contributed by atoms with Crippen molar-refractivity contribution >= 4 is 0 Å². The molecule has 0 amide bonds. The SMILES string of the molecule is CCOC1CC(NCC(COC)OC)C12CCC2. The second-order valence-electron chi connectivity index (χ2n) is 5.54. The van der Waals surface area contributed by atoms with Crippen LogP contribution in [0.5, 0.6) is 0 Å². The van der Waals surface area contributed by atoms with Crippen molar-refractivity contribution in [3.05, 3.63) is 0 Å². The summed E-state index contributed by atoms with van der Waals surface area (Å²) in [5, 5.41) is 3.65. The van der Waals surface area contributed by atoms with E-state index in [4.69, 9.17) is 14.2 Å². The molecule has 2 saturated carbocycles. The second-order valence-corrected chi connectivity index (χ2v) is 5.54. The van der Waals surface area contributed by atoms with Gasteiger partial charge in [0.2, 0.25) is 0 Å². The highest BCUT2D eigenvalue weighted by atomic mass is 16.5. The molecule has 4 heteroatoms. The molecule has 0 aromatic rings. The minimum absolute atomic E-state index is 0.151. The Labute approximate surface area is 110 Å². The van der Waals surface area contributed by atoms with Crippen molar-refractivity contribution in [3.63, 3.8) is 0 Å². The van der Waals surface area contributed by atoms with Crippen LogP contribution in [0.25, 0.3) is 0 Å². The maximum atomic E-state index is 5.85. The molecule has 2 aliphatic carbocycles. The van der Waals surface area contributed by atoms with Crippen LogP contribution in [0, 0.1) is 5.41 Å². The molecule has 2 fully saturated rings. The maximum Gasteiger partial charge on any atom is 0.0928 e. The van der Waals surface area contributed by atoms with Crippen LogP contribution in [0.3, 0.4) is 0 Å². The van der Waals surface area contributed by atoms with E-state index in [-0.39, 0.29) is 6.10 Å². The Kier molecular flexibility index (Phi) is 5.01. The van der Waals surface area contributed by atoms with Gasteiger partial charge >= 0.3 is 0 Å². The Morgan fingerprint density at radius 1 is 1.33 bits per heavy atom. The molecule has 106 valence electrons. The van der Waals surface area contributed by atoms with Gasteiger partial charge in [0.1, 0.15) is 0 Å². The summed E-state index contributed by atoms with van der Waals surface area (Å²) in [6.45, 7) is 4.45. The van der Waals surface area contributed by atoms with Gasteiger partial charge in [-0.3, -0.25) is 0 Å². The molecule has 0 aromatic heterocycles. The van der Waals surface area contributed by atoms with Crippen molar-refractivity contribution in [1.29, 1.82) is 0 Å². The number of rotatable bonds is 8. The summed E-state index contributed by atoms with van der Waals surface area (Å²) < 4.78 is 16.4. The first-order valence-corrected chi connectivity index (χ1v) is 7.13. The Hall–Kier alpha value is -0.160. The highest BCUT2D eigenvalue weighted by Gasteiger charge is 2.58. The molecule has 4 nitrogen and oxygen atoms in total. The van der Waals surface area contributed by atoms with Gasteiger partial charge in [0.25, 0.3) is 0 Å². The van der Waals surface area contributed by atoms with Crippen LogP contribution >= 0.6 is 0 Å². The lowest BCUT2D eigenvalue weighted by molar-refractivity contribution is -0.174. The van der Waals surface area contributed by atoms with E-state index in [1.165, 1.54) is 19.3 Å². The largest absolute Gasteiger partial charge is 0.382 e. The van der Waals surface area contributed by atoms with Crippen LogP contribution in [0.4, 0.5) is 0 Å². The van der Waals surface area contributed by atoms with E-state index >= 15 is 0 Å². The van der Waals surface area contributed by atoms with E-state index in [0.29, 0.717) is 24.2 Å². The van der Waals surface area contributed by atoms with E-state index in [0.717, 1.165) is 19.6 Å². The van der Waals surface area contributed by atoms with Crippen molar-refractivity contribution in [2.45, 2.75) is 50.9 Å². The van der Waals surface area contributed by atoms with Gasteiger partial charge in [-0.2, -0.15) is 0 Å². The smallest absolute Gasteiger partial charge is 0.0928 e. The zero-order chi connectivity index (χ0) is 13.0. The highest BCUT2D eigenvalue weighted by Crippen LogP contribution is 2.57. The van der Waals surface area contributed by atoms with E-state index in [1.54, 1.807) is 14.2 Å². The van der Waals surface area contributed by atoms with Gasteiger partial charge in [-0.15, -0.1) is 0 Å². The topological polar surface area (TPSA) is 39.7 Å². The molecule has 0 aliphatic heterocycles. The minimum Gasteiger partial charge on any atom is -0.382 e. The predicted octanol–water partition coefficient (Wildman–Crippen LogP) is 1.59. The van der Waals surface area contributed by atoms with Gasteiger partial charge in [-0.25, -0.2) is 0 Å². The van der Waals surface area contributed by atoms with Crippen LogP contribution in [0.15, 0.2) is 0 Å². The van der Waals surface area contributed by atoms with Gasteiger partial charge < -0.3 is 19.5 Å². The van der Waals surface area contributed by atoms with Gasteiger partial charge in [-0.05, 0) is 26.2 Å². The van der Waals surface area contributed by atoms with E-state index in [2.05, 4.69) is 12.2 Å². The third-order valence-corrected chi connectivity index (χ3v) is 4.72. The van der Waals surface area contributed by atoms with Crippen LogP contribution in [0.2, 0.25) is 0 Å². The molecular formula is C14H27NO3. The van der Waals surface area contributed by atoms with Crippen LogP contribution in [0.1, 0.15) is 32.6 Å². The van der Waals surface area contributed by atoms with Gasteiger partial charge in [0, 0.05) is 38.8 Å². The van der Waals surface area contributed by atoms with E-state index in [1.807, 2.05) is 0 Å². The van der Waals surface area contributed by atoms with Crippen molar-refractivity contribution in [1.82, 2.24) is 5.32 Å². The molecule has 0 aromatic carbocycles. The second kappa shape index (κ2) is 6.33. The number of hydrogen-bond donors (Lipinski definition) is 1. The zero-order valence-corrected chi connectivity index (χ0v) is 11.9. The Balaban J connectivity index is 1.77. The van der Waals surface area contributed by atoms with Crippen LogP contribution < -0.4 is 5.32 Å². The standard InChI is InChI=1S/C14H27NO3/c1-4-18-13-8-12(14(13)6-5-7-14)15-9-11(17-3)10-16-2/h11-13,15H,4-10H2,1-3H3. The summed E-state index contributed by atoms with van der Waals surface area (Å²) in [6.07, 6.45) is 5.77. The van der Waals surface area contributed by atoms with Crippen LogP contribution in [-0.2, 0) is 14.2 Å². The molecular weight excluding hydrogens is 230 g/mol. The summed E-state index contributed by atoms with van der Waals surface area (Å²) >= 11 is 0. The molecule has 3 atom stereocenters. The fourth-order valence-electron chi connectivity index (χ4n) is 3.39. The Bertz CT molecular complexity index is 255. The van der Waals surface area contributed by atoms with Gasteiger partial charge in [-0.1, -0.05) is 6.42 Å². The lowest BCUT2D eigenvalue weighted by Gasteiger charge is -2.61. The molecule has 1 spiro atoms. The summed E-state index contributed by atoms with van der Waals surface area (Å²) in [5.74, 6) is 0. The molecule has 0 heterocycles. The molecule has 2 aliphatic rings. The average Bonchev–Trinajstić information content (AvgIpc) is 2.29. The molecule has 0 radical (unpaired) electrons. The number of methoxy groups -OCH3 is 2. The molecule has 18 heavy (non-hydrogen) atoms. The molecule has 2 rings (SSSR count). The number of hydrogen-bond acceptors (Lipinski definition) is 4. The molecule has 0 bridgehead atoms. The number of nitrogens with one attached hydrogen (secondary N) is 1. The lowest BCUT2D eigenvalue weighted by atomic mass is 9.51. The third kappa shape index (κ3) is 2.57. The first-order chi connectivity index (χ1) is 8.76. The zero-order valence-electron chi connectivity index (χ0n) is 11.9. The summed E-state index contributed by atoms with van der Waals surface area (Å²) in [6, 6.07) is 0.609. The summed E-state index contributed by atoms with van der Waals surface area (Å²) in [7, 11) is 3.46. The van der Waals surface area contributed by atoms with E-state index < -0.39 is 0 Å². The third-order valence-electron chi connectivity index (χ3n) is 4.72. The number of ether oxygens (including phenoxy) is 3. The Morgan fingerprint density at radius 3 is 2.61 bits per heavy atom. The van der Waals surface area contributed by atoms with Crippen molar-refractivity contribution in [2.24, 2.45) is 5.41 Å². The first kappa shape index (κ1) is 14.3. The van der Waals surface area contributed by atoms with E-state index in [9.17, 15) is 0 Å². The molecule has 0 saturated heterocycles. The lowest BCUT2D eigenvalue weighted by Crippen LogP contribution is -2.67. The first-order valence-electron chi connectivity index (χ1n) is 7.13. The van der Waals surface area contributed by atoms with Gasteiger partial charge in [0.05, 0.1) is 18.8 Å². The van der Waals surface area contributed by atoms with Crippen molar-refractivity contribution in [3.8, 4) is 0 Å². The normalized spacial score (nSPS) is 30.8. The molecule has 3 unspecified atom stereocenters. The molecule has 1 N–H and O–H groups in total. The predicted molar refractivity (Wildman–Crippen MR) is 70.8 cm³/mol. The monoisotopic (exact) mass is 257 g/mol. The summed E-state index contributed by atoms with van der Waals surface area (Å²) in [5.41, 5.74) is 0.432. The fourth-order valence-corrected chi connectivity index (χ4v) is 3.39. The average molecular weight is 257 g/mol.